The van der Waals surface area contributed by atoms with Crippen LogP contribution >= 0.6 is 0 Å². The molecule has 3 fully saturated rings. The van der Waals surface area contributed by atoms with Gasteiger partial charge >= 0.3 is 7.12 Å². The van der Waals surface area contributed by atoms with Gasteiger partial charge in [-0.1, -0.05) is 0 Å². The number of hydrogen-bond acceptors (Lipinski definition) is 4. The average Bonchev–Trinajstić information content (AvgIpc) is 2.62. The highest BCUT2D eigenvalue weighted by atomic mass is 19.3. The van der Waals surface area contributed by atoms with E-state index in [2.05, 4.69) is 0 Å². The first-order chi connectivity index (χ1) is 7.94. The molecule has 0 aromatic carbocycles. The monoisotopic (exact) mass is 248 g/mol. The zero-order valence-electron chi connectivity index (χ0n) is 9.36. The molecule has 7 heteroatoms. The van der Waals surface area contributed by atoms with Crippen LogP contribution in [0.15, 0.2) is 0 Å². The number of rotatable bonds is 1. The van der Waals surface area contributed by atoms with Crippen LogP contribution in [0.3, 0.4) is 0 Å². The molecule has 0 aromatic rings. The third kappa shape index (κ3) is 1.43. The van der Waals surface area contributed by atoms with Crippen molar-refractivity contribution in [3.63, 3.8) is 0 Å². The molecule has 1 unspecified atom stereocenters. The van der Waals surface area contributed by atoms with Crippen molar-refractivity contribution in [1.82, 2.24) is 0 Å². The fourth-order valence-electron chi connectivity index (χ4n) is 3.52. The summed E-state index contributed by atoms with van der Waals surface area (Å²) in [6.45, 7) is 1.02. The molecule has 2 saturated carbocycles. The lowest BCUT2D eigenvalue weighted by atomic mass is 9.71. The van der Waals surface area contributed by atoms with Crippen LogP contribution < -0.4 is 0 Å². The summed E-state index contributed by atoms with van der Waals surface area (Å²) in [5, 5.41) is 18.0. The van der Waals surface area contributed by atoms with Crippen LogP contribution in [-0.4, -0.2) is 42.1 Å². The summed E-state index contributed by atoms with van der Waals surface area (Å²) in [4.78, 5) is 0. The maximum atomic E-state index is 13.7. The molecule has 0 amide bonds. The minimum Gasteiger partial charge on any atom is -0.427 e. The molecule has 1 saturated heterocycles. The Morgan fingerprint density at radius 2 is 1.53 bits per heavy atom. The van der Waals surface area contributed by atoms with E-state index in [0.29, 0.717) is 26.1 Å². The highest BCUT2D eigenvalue weighted by Gasteiger charge is 2.83. The van der Waals surface area contributed by atoms with Crippen molar-refractivity contribution >= 4 is 7.12 Å². The van der Waals surface area contributed by atoms with E-state index in [1.54, 1.807) is 0 Å². The van der Waals surface area contributed by atoms with Crippen molar-refractivity contribution in [2.45, 2.75) is 43.2 Å². The van der Waals surface area contributed by atoms with Crippen LogP contribution in [0.4, 0.5) is 8.78 Å². The van der Waals surface area contributed by atoms with Crippen LogP contribution in [0.1, 0.15) is 25.7 Å². The van der Waals surface area contributed by atoms with Gasteiger partial charge in [-0.2, -0.15) is 0 Å². The Bertz CT molecular complexity index is 320. The van der Waals surface area contributed by atoms with Crippen LogP contribution in [0.5, 0.6) is 0 Å². The van der Waals surface area contributed by atoms with E-state index in [0.717, 1.165) is 0 Å². The molecule has 2 N–H and O–H groups in total. The second-order valence-corrected chi connectivity index (χ2v) is 5.28. The minimum absolute atomic E-state index is 0.224. The first kappa shape index (κ1) is 11.8. The van der Waals surface area contributed by atoms with Crippen molar-refractivity contribution in [3.05, 3.63) is 0 Å². The zero-order chi connectivity index (χ0) is 12.3. The van der Waals surface area contributed by atoms with Crippen LogP contribution in [0.25, 0.3) is 0 Å². The van der Waals surface area contributed by atoms with Gasteiger partial charge < -0.3 is 19.5 Å². The van der Waals surface area contributed by atoms with Gasteiger partial charge in [-0.25, -0.2) is 8.78 Å². The van der Waals surface area contributed by atoms with Crippen molar-refractivity contribution in [2.24, 2.45) is 5.41 Å². The van der Waals surface area contributed by atoms with E-state index in [1.807, 2.05) is 0 Å². The van der Waals surface area contributed by atoms with Gasteiger partial charge in [0.2, 0.25) is 0 Å². The molecule has 2 aliphatic carbocycles. The largest absolute Gasteiger partial charge is 0.461 e. The lowest BCUT2D eigenvalue weighted by Gasteiger charge is -2.36. The number of hydrogen-bond donors (Lipinski definition) is 2. The van der Waals surface area contributed by atoms with Crippen molar-refractivity contribution in [3.8, 4) is 0 Å². The van der Waals surface area contributed by atoms with E-state index >= 15 is 0 Å². The van der Waals surface area contributed by atoms with E-state index in [9.17, 15) is 8.78 Å². The average molecular weight is 248 g/mol. The molecule has 1 aliphatic heterocycles. The summed E-state index contributed by atoms with van der Waals surface area (Å²) in [6.07, 6.45) is 1.27. The van der Waals surface area contributed by atoms with E-state index < -0.39 is 30.1 Å². The molecular formula is C10H15BF2O4. The quantitative estimate of drug-likeness (QED) is 0.673. The zero-order valence-corrected chi connectivity index (χ0v) is 9.36. The molecule has 2 spiro atoms. The summed E-state index contributed by atoms with van der Waals surface area (Å²) in [6, 6.07) is 0. The lowest BCUT2D eigenvalue weighted by molar-refractivity contribution is -0.189. The van der Waals surface area contributed by atoms with Crippen LogP contribution in [-0.2, 0) is 9.47 Å². The Hall–Kier alpha value is -0.235. The normalized spacial score (nSPS) is 42.0. The molecule has 1 atom stereocenters. The van der Waals surface area contributed by atoms with Gasteiger partial charge in [0.05, 0.1) is 19.0 Å². The van der Waals surface area contributed by atoms with E-state index in [-0.39, 0.29) is 12.8 Å². The van der Waals surface area contributed by atoms with Gasteiger partial charge in [0.25, 0.3) is 5.92 Å². The molecule has 17 heavy (non-hydrogen) atoms. The summed E-state index contributed by atoms with van der Waals surface area (Å²) >= 11 is 0. The molecule has 0 aromatic heterocycles. The topological polar surface area (TPSA) is 58.9 Å². The van der Waals surface area contributed by atoms with Crippen molar-refractivity contribution in [2.75, 3.05) is 13.2 Å². The van der Waals surface area contributed by atoms with Gasteiger partial charge in [0.1, 0.15) is 0 Å². The molecule has 3 aliphatic rings. The van der Waals surface area contributed by atoms with Gasteiger partial charge in [-0.3, -0.25) is 0 Å². The standard InChI is InChI=1S/C10H15BF2O4/c12-10(13)7(11(14)15)8(10)1-3-9(4-2-8)16-5-6-17-9/h7,14-15H,1-6H2. The first-order valence-corrected chi connectivity index (χ1v) is 5.95. The molecule has 0 radical (unpaired) electrons. The fourth-order valence-corrected chi connectivity index (χ4v) is 3.52. The van der Waals surface area contributed by atoms with Gasteiger partial charge in [-0.05, 0) is 12.8 Å². The summed E-state index contributed by atoms with van der Waals surface area (Å²) < 4.78 is 38.3. The maximum absolute atomic E-state index is 13.7. The predicted molar refractivity (Wildman–Crippen MR) is 54.4 cm³/mol. The molecule has 1 heterocycles. The number of ether oxygens (including phenoxy) is 2. The van der Waals surface area contributed by atoms with Crippen LogP contribution in [0.2, 0.25) is 5.82 Å². The van der Waals surface area contributed by atoms with E-state index in [4.69, 9.17) is 19.5 Å². The minimum atomic E-state index is -2.97. The second kappa shape index (κ2) is 3.41. The lowest BCUT2D eigenvalue weighted by Crippen LogP contribution is -2.37. The molecule has 3 rings (SSSR count). The Labute approximate surface area is 98.0 Å². The molecule has 4 nitrogen and oxygen atoms in total. The number of halogens is 2. The van der Waals surface area contributed by atoms with Crippen molar-refractivity contribution in [1.29, 1.82) is 0 Å². The van der Waals surface area contributed by atoms with Crippen LogP contribution in [0, 0.1) is 5.41 Å². The Morgan fingerprint density at radius 3 is 1.94 bits per heavy atom. The number of alkyl halides is 2. The SMILES string of the molecule is OB(O)C1C(F)(F)C12CCC1(CC2)OCCO1. The summed E-state index contributed by atoms with van der Waals surface area (Å²) in [5.74, 6) is -4.98. The molecular weight excluding hydrogens is 233 g/mol. The summed E-state index contributed by atoms with van der Waals surface area (Å²) in [5.41, 5.74) is -1.25. The Balaban J connectivity index is 1.73. The second-order valence-electron chi connectivity index (χ2n) is 5.28. The third-order valence-electron chi connectivity index (χ3n) is 4.58. The highest BCUT2D eigenvalue weighted by Crippen LogP contribution is 2.77. The van der Waals surface area contributed by atoms with Gasteiger partial charge in [-0.15, -0.1) is 0 Å². The molecule has 96 valence electrons. The fraction of sp³-hybridized carbons (Fsp3) is 1.00. The van der Waals surface area contributed by atoms with Gasteiger partial charge in [0, 0.05) is 18.3 Å². The maximum Gasteiger partial charge on any atom is 0.461 e. The van der Waals surface area contributed by atoms with Gasteiger partial charge in [0.15, 0.2) is 5.79 Å². The first-order valence-electron chi connectivity index (χ1n) is 5.95. The van der Waals surface area contributed by atoms with Crippen molar-refractivity contribution < 1.29 is 28.3 Å². The third-order valence-corrected chi connectivity index (χ3v) is 4.58. The molecule has 0 bridgehead atoms. The Morgan fingerprint density at radius 1 is 1.00 bits per heavy atom. The predicted octanol–water partition coefficient (Wildman–Crippen LogP) is 0.782. The smallest absolute Gasteiger partial charge is 0.427 e. The summed E-state index contributed by atoms with van der Waals surface area (Å²) in [7, 11) is -1.94. The van der Waals surface area contributed by atoms with E-state index in [1.165, 1.54) is 0 Å². The Kier molecular flexibility index (Phi) is 2.37. The highest BCUT2D eigenvalue weighted by molar-refractivity contribution is 6.45.